The van der Waals surface area contributed by atoms with Crippen LogP contribution in [0, 0.1) is 0 Å². The van der Waals surface area contributed by atoms with Crippen LogP contribution in [-0.2, 0) is 6.42 Å². The van der Waals surface area contributed by atoms with E-state index in [0.717, 1.165) is 12.4 Å². The van der Waals surface area contributed by atoms with Gasteiger partial charge in [0.05, 0.1) is 6.61 Å². The quantitative estimate of drug-likeness (QED) is 0.871. The normalized spacial score (nSPS) is 18.6. The third-order valence-electron chi connectivity index (χ3n) is 3.68. The fourth-order valence-electron chi connectivity index (χ4n) is 2.55. The molecule has 2 heterocycles. The largest absolute Gasteiger partial charge is 0.493 e. The highest BCUT2D eigenvalue weighted by Crippen LogP contribution is 2.32. The highest BCUT2D eigenvalue weighted by atomic mass is 32.2. The van der Waals surface area contributed by atoms with Crippen molar-refractivity contribution in [3.8, 4) is 5.75 Å². The second-order valence-electron chi connectivity index (χ2n) is 4.99. The van der Waals surface area contributed by atoms with Crippen LogP contribution in [0.3, 0.4) is 0 Å². The lowest BCUT2D eigenvalue weighted by atomic mass is 10.0. The molecule has 2 aliphatic heterocycles. The summed E-state index contributed by atoms with van der Waals surface area (Å²) in [7, 11) is 0. The Balaban J connectivity index is 0.000000123. The first-order chi connectivity index (χ1) is 9.88. The average Bonchev–Trinajstić information content (AvgIpc) is 3.14. The van der Waals surface area contributed by atoms with Crippen LogP contribution < -0.4 is 10.5 Å². The molecule has 2 nitrogen and oxygen atoms in total. The molecule has 0 spiro atoms. The molecule has 0 amide bonds. The van der Waals surface area contributed by atoms with Gasteiger partial charge >= 0.3 is 0 Å². The standard InChI is InChI=1S/C9H11NO.C8H8S/c10-5-7-6-11-9-4-2-1-3-8(7)9;1-2-4-8-7(3-1)5-6-9-8/h1-4,7H,5-6,10H2;1-4H,5-6H2. The third-order valence-corrected chi connectivity index (χ3v) is 4.80. The van der Waals surface area contributed by atoms with Gasteiger partial charge in [-0.3, -0.25) is 0 Å². The predicted molar refractivity (Wildman–Crippen MR) is 84.6 cm³/mol. The molecule has 3 heteroatoms. The molecule has 20 heavy (non-hydrogen) atoms. The maximum atomic E-state index is 5.57. The molecule has 2 aliphatic rings. The zero-order valence-corrected chi connectivity index (χ0v) is 12.2. The van der Waals surface area contributed by atoms with E-state index in [-0.39, 0.29) is 0 Å². The van der Waals surface area contributed by atoms with Gasteiger partial charge in [0.15, 0.2) is 0 Å². The van der Waals surface area contributed by atoms with Crippen molar-refractivity contribution in [2.45, 2.75) is 17.2 Å². The molecule has 1 atom stereocenters. The lowest BCUT2D eigenvalue weighted by Crippen LogP contribution is -2.13. The summed E-state index contributed by atoms with van der Waals surface area (Å²) >= 11 is 1.97. The Kier molecular flexibility index (Phi) is 4.28. The molecule has 2 aromatic carbocycles. The Bertz CT molecular complexity index is 562. The zero-order chi connectivity index (χ0) is 13.8. The number of aryl methyl sites for hydroxylation is 1. The van der Waals surface area contributed by atoms with Gasteiger partial charge in [0.25, 0.3) is 0 Å². The minimum Gasteiger partial charge on any atom is -0.493 e. The van der Waals surface area contributed by atoms with Gasteiger partial charge in [0.2, 0.25) is 0 Å². The van der Waals surface area contributed by atoms with Crippen LogP contribution in [0.15, 0.2) is 53.4 Å². The fraction of sp³-hybridized carbons (Fsp3) is 0.294. The minimum absolute atomic E-state index is 0.409. The predicted octanol–water partition coefficient (Wildman–Crippen LogP) is 3.46. The van der Waals surface area contributed by atoms with Gasteiger partial charge in [-0.05, 0) is 24.1 Å². The van der Waals surface area contributed by atoms with Gasteiger partial charge in [-0.15, -0.1) is 11.8 Å². The Morgan fingerprint density at radius 3 is 2.75 bits per heavy atom. The summed E-state index contributed by atoms with van der Waals surface area (Å²) in [5.41, 5.74) is 8.36. The number of thioether (sulfide) groups is 1. The molecule has 0 aromatic heterocycles. The molecule has 104 valence electrons. The molecule has 0 fully saturated rings. The maximum Gasteiger partial charge on any atom is 0.122 e. The Morgan fingerprint density at radius 2 is 1.90 bits per heavy atom. The molecule has 2 N–H and O–H groups in total. The number of fused-ring (bicyclic) bond motifs is 2. The Hall–Kier alpha value is -1.45. The van der Waals surface area contributed by atoms with Gasteiger partial charge in [0.1, 0.15) is 5.75 Å². The molecule has 1 unspecified atom stereocenters. The molecule has 0 saturated heterocycles. The number of ether oxygens (including phenoxy) is 1. The molecule has 2 aromatic rings. The summed E-state index contributed by atoms with van der Waals surface area (Å²) in [5.74, 6) is 2.69. The van der Waals surface area contributed by atoms with E-state index < -0.39 is 0 Å². The van der Waals surface area contributed by atoms with E-state index in [1.165, 1.54) is 28.2 Å². The van der Waals surface area contributed by atoms with Crippen LogP contribution in [0.25, 0.3) is 0 Å². The summed E-state index contributed by atoms with van der Waals surface area (Å²) in [6.45, 7) is 1.42. The van der Waals surface area contributed by atoms with E-state index in [0.29, 0.717) is 12.5 Å². The van der Waals surface area contributed by atoms with E-state index in [9.17, 15) is 0 Å². The lowest BCUT2D eigenvalue weighted by Gasteiger charge is -2.02. The number of benzene rings is 2. The van der Waals surface area contributed by atoms with Gasteiger partial charge in [-0.2, -0.15) is 0 Å². The third kappa shape index (κ3) is 2.84. The van der Waals surface area contributed by atoms with Gasteiger partial charge in [0, 0.05) is 28.7 Å². The highest BCUT2D eigenvalue weighted by molar-refractivity contribution is 7.99. The summed E-state index contributed by atoms with van der Waals surface area (Å²) in [6.07, 6.45) is 1.26. The van der Waals surface area contributed by atoms with E-state index in [2.05, 4.69) is 30.3 Å². The molecular weight excluding hydrogens is 266 g/mol. The van der Waals surface area contributed by atoms with Crippen LogP contribution in [0.5, 0.6) is 5.75 Å². The van der Waals surface area contributed by atoms with Crippen molar-refractivity contribution in [3.63, 3.8) is 0 Å². The minimum atomic E-state index is 0.409. The molecule has 0 aliphatic carbocycles. The monoisotopic (exact) mass is 285 g/mol. The molecular formula is C17H19NOS. The van der Waals surface area contributed by atoms with Crippen molar-refractivity contribution < 1.29 is 4.74 Å². The van der Waals surface area contributed by atoms with Crippen molar-refractivity contribution in [2.75, 3.05) is 18.9 Å². The summed E-state index contributed by atoms with van der Waals surface area (Å²) in [4.78, 5) is 1.48. The summed E-state index contributed by atoms with van der Waals surface area (Å²) in [5, 5.41) is 0. The maximum absolute atomic E-state index is 5.57. The van der Waals surface area contributed by atoms with Gasteiger partial charge in [-0.1, -0.05) is 36.4 Å². The number of nitrogens with two attached hydrogens (primary N) is 1. The fourth-order valence-corrected chi connectivity index (χ4v) is 3.62. The van der Waals surface area contributed by atoms with E-state index >= 15 is 0 Å². The van der Waals surface area contributed by atoms with Crippen LogP contribution in [0.1, 0.15) is 17.0 Å². The van der Waals surface area contributed by atoms with Gasteiger partial charge in [-0.25, -0.2) is 0 Å². The SMILES string of the molecule is NCC1COc2ccccc21.c1ccc2c(c1)CCS2. The number of hydrogen-bond donors (Lipinski definition) is 1. The van der Waals surface area contributed by atoms with Gasteiger partial charge < -0.3 is 10.5 Å². The van der Waals surface area contributed by atoms with Crippen LogP contribution >= 0.6 is 11.8 Å². The highest BCUT2D eigenvalue weighted by Gasteiger charge is 2.21. The van der Waals surface area contributed by atoms with Crippen molar-refractivity contribution >= 4 is 11.8 Å². The smallest absolute Gasteiger partial charge is 0.122 e. The van der Waals surface area contributed by atoms with Crippen LogP contribution in [-0.4, -0.2) is 18.9 Å². The zero-order valence-electron chi connectivity index (χ0n) is 11.4. The number of hydrogen-bond acceptors (Lipinski definition) is 3. The van der Waals surface area contributed by atoms with E-state index in [1.54, 1.807) is 0 Å². The molecule has 4 rings (SSSR count). The van der Waals surface area contributed by atoms with Crippen LogP contribution in [0.4, 0.5) is 0 Å². The first-order valence-electron chi connectivity index (χ1n) is 7.01. The summed E-state index contributed by atoms with van der Waals surface area (Å²) in [6, 6.07) is 16.7. The second kappa shape index (κ2) is 6.33. The van der Waals surface area contributed by atoms with Crippen molar-refractivity contribution in [2.24, 2.45) is 5.73 Å². The average molecular weight is 285 g/mol. The first-order valence-corrected chi connectivity index (χ1v) is 7.99. The molecule has 0 radical (unpaired) electrons. The Morgan fingerprint density at radius 1 is 1.10 bits per heavy atom. The molecule has 0 bridgehead atoms. The van der Waals surface area contributed by atoms with E-state index in [1.807, 2.05) is 30.0 Å². The second-order valence-corrected chi connectivity index (χ2v) is 6.12. The molecule has 0 saturated carbocycles. The number of rotatable bonds is 1. The summed E-state index contributed by atoms with van der Waals surface area (Å²) < 4.78 is 5.42. The van der Waals surface area contributed by atoms with E-state index in [4.69, 9.17) is 10.5 Å². The van der Waals surface area contributed by atoms with Crippen LogP contribution in [0.2, 0.25) is 0 Å². The lowest BCUT2D eigenvalue weighted by molar-refractivity contribution is 0.333. The number of para-hydroxylation sites is 1. The van der Waals surface area contributed by atoms with Crippen molar-refractivity contribution in [3.05, 3.63) is 59.7 Å². The van der Waals surface area contributed by atoms with Crippen molar-refractivity contribution in [1.82, 2.24) is 0 Å². The Labute approximate surface area is 124 Å². The topological polar surface area (TPSA) is 35.2 Å². The first kappa shape index (κ1) is 13.5. The van der Waals surface area contributed by atoms with Crippen molar-refractivity contribution in [1.29, 1.82) is 0 Å².